The van der Waals surface area contributed by atoms with Gasteiger partial charge in [0.05, 0.1) is 12.6 Å². The average Bonchev–Trinajstić information content (AvgIpc) is 3.05. The Hall–Kier alpha value is -2.44. The first-order chi connectivity index (χ1) is 8.78. The lowest BCUT2D eigenvalue weighted by Gasteiger charge is -2.06. The van der Waals surface area contributed by atoms with E-state index in [9.17, 15) is 0 Å². The van der Waals surface area contributed by atoms with Crippen LogP contribution >= 0.6 is 0 Å². The molecule has 0 spiro atoms. The van der Waals surface area contributed by atoms with Crippen LogP contribution in [0.4, 0.5) is 0 Å². The van der Waals surface area contributed by atoms with Crippen molar-refractivity contribution in [1.82, 2.24) is 29.7 Å². The van der Waals surface area contributed by atoms with Crippen molar-refractivity contribution in [3.63, 3.8) is 0 Å². The van der Waals surface area contributed by atoms with Gasteiger partial charge >= 0.3 is 0 Å². The number of aromatic amines is 1. The SMILES string of the molecule is COc1ccc2[nH]c(C(C)n3cncn3)nc2n1. The van der Waals surface area contributed by atoms with Crippen LogP contribution in [0.15, 0.2) is 24.8 Å². The van der Waals surface area contributed by atoms with E-state index in [-0.39, 0.29) is 6.04 Å². The van der Waals surface area contributed by atoms with Crippen molar-refractivity contribution in [2.24, 2.45) is 0 Å². The molecule has 7 heteroatoms. The van der Waals surface area contributed by atoms with Gasteiger partial charge in [0.2, 0.25) is 5.88 Å². The van der Waals surface area contributed by atoms with Gasteiger partial charge in [-0.1, -0.05) is 0 Å². The van der Waals surface area contributed by atoms with Crippen molar-refractivity contribution in [1.29, 1.82) is 0 Å². The van der Waals surface area contributed by atoms with Crippen LogP contribution in [0, 0.1) is 0 Å². The molecule has 3 aromatic rings. The monoisotopic (exact) mass is 244 g/mol. The molecule has 3 aromatic heterocycles. The molecule has 3 rings (SSSR count). The number of pyridine rings is 1. The van der Waals surface area contributed by atoms with Gasteiger partial charge in [-0.25, -0.2) is 14.6 Å². The van der Waals surface area contributed by atoms with Gasteiger partial charge in [0.15, 0.2) is 5.65 Å². The van der Waals surface area contributed by atoms with Crippen LogP contribution in [0.2, 0.25) is 0 Å². The Morgan fingerprint density at radius 3 is 2.94 bits per heavy atom. The molecular formula is C11H12N6O. The predicted octanol–water partition coefficient (Wildman–Crippen LogP) is 1.17. The molecule has 0 aliphatic carbocycles. The van der Waals surface area contributed by atoms with Gasteiger partial charge in [-0.2, -0.15) is 10.1 Å². The third kappa shape index (κ3) is 1.69. The predicted molar refractivity (Wildman–Crippen MR) is 64.3 cm³/mol. The van der Waals surface area contributed by atoms with Crippen molar-refractivity contribution in [2.75, 3.05) is 7.11 Å². The van der Waals surface area contributed by atoms with Crippen molar-refractivity contribution >= 4 is 11.2 Å². The molecule has 0 aliphatic heterocycles. The molecule has 0 radical (unpaired) electrons. The van der Waals surface area contributed by atoms with Crippen molar-refractivity contribution in [3.8, 4) is 5.88 Å². The highest BCUT2D eigenvalue weighted by Crippen LogP contribution is 2.19. The largest absolute Gasteiger partial charge is 0.481 e. The second kappa shape index (κ2) is 4.10. The third-order valence-electron chi connectivity index (χ3n) is 2.78. The van der Waals surface area contributed by atoms with Crippen LogP contribution in [-0.2, 0) is 0 Å². The number of nitrogens with one attached hydrogen (secondary N) is 1. The van der Waals surface area contributed by atoms with Crippen LogP contribution in [0.1, 0.15) is 18.8 Å². The highest BCUT2D eigenvalue weighted by atomic mass is 16.5. The molecule has 0 saturated heterocycles. The van der Waals surface area contributed by atoms with E-state index in [1.165, 1.54) is 6.33 Å². The number of aromatic nitrogens is 6. The first-order valence-corrected chi connectivity index (χ1v) is 5.52. The summed E-state index contributed by atoms with van der Waals surface area (Å²) in [6.07, 6.45) is 3.16. The fourth-order valence-corrected chi connectivity index (χ4v) is 1.75. The quantitative estimate of drug-likeness (QED) is 0.747. The molecule has 0 saturated carbocycles. The van der Waals surface area contributed by atoms with E-state index in [0.29, 0.717) is 11.5 Å². The Morgan fingerprint density at radius 1 is 1.33 bits per heavy atom. The van der Waals surface area contributed by atoms with Crippen LogP contribution in [0.3, 0.4) is 0 Å². The molecule has 1 unspecified atom stereocenters. The minimum Gasteiger partial charge on any atom is -0.481 e. The number of nitrogens with zero attached hydrogens (tertiary/aromatic N) is 5. The van der Waals surface area contributed by atoms with Crippen LogP contribution in [-0.4, -0.2) is 36.8 Å². The zero-order valence-corrected chi connectivity index (χ0v) is 10.0. The maximum atomic E-state index is 5.07. The zero-order chi connectivity index (χ0) is 12.5. The molecule has 92 valence electrons. The number of hydrogen-bond acceptors (Lipinski definition) is 5. The first-order valence-electron chi connectivity index (χ1n) is 5.52. The van der Waals surface area contributed by atoms with Crippen LogP contribution in [0.25, 0.3) is 11.2 Å². The summed E-state index contributed by atoms with van der Waals surface area (Å²) in [5, 5.41) is 4.10. The molecule has 1 atom stereocenters. The van der Waals surface area contributed by atoms with E-state index in [2.05, 4.69) is 25.0 Å². The van der Waals surface area contributed by atoms with Crippen molar-refractivity contribution < 1.29 is 4.74 Å². The van der Waals surface area contributed by atoms with Crippen molar-refractivity contribution in [3.05, 3.63) is 30.6 Å². The Morgan fingerprint density at radius 2 is 2.22 bits per heavy atom. The minimum atomic E-state index is -0.0207. The Labute approximate surface area is 103 Å². The number of fused-ring (bicyclic) bond motifs is 1. The molecule has 7 nitrogen and oxygen atoms in total. The zero-order valence-electron chi connectivity index (χ0n) is 10.0. The molecular weight excluding hydrogens is 232 g/mol. The fraction of sp³-hybridized carbons (Fsp3) is 0.273. The molecule has 1 N–H and O–H groups in total. The number of imidazole rings is 1. The molecule has 3 heterocycles. The number of methoxy groups -OCH3 is 1. The van der Waals surface area contributed by atoms with Gasteiger partial charge < -0.3 is 9.72 Å². The molecule has 18 heavy (non-hydrogen) atoms. The summed E-state index contributed by atoms with van der Waals surface area (Å²) in [5.74, 6) is 1.34. The van der Waals surface area contributed by atoms with Gasteiger partial charge in [-0.05, 0) is 13.0 Å². The molecule has 0 amide bonds. The first kappa shape index (κ1) is 10.7. The summed E-state index contributed by atoms with van der Waals surface area (Å²) in [4.78, 5) is 15.9. The lowest BCUT2D eigenvalue weighted by atomic mass is 10.3. The third-order valence-corrected chi connectivity index (χ3v) is 2.78. The molecule has 0 bridgehead atoms. The summed E-state index contributed by atoms with van der Waals surface area (Å²) in [7, 11) is 1.58. The lowest BCUT2D eigenvalue weighted by Crippen LogP contribution is -2.08. The summed E-state index contributed by atoms with van der Waals surface area (Å²) in [6, 6.07) is 3.67. The van der Waals surface area contributed by atoms with Gasteiger partial charge in [-0.15, -0.1) is 0 Å². The van der Waals surface area contributed by atoms with Gasteiger partial charge in [-0.3, -0.25) is 0 Å². The summed E-state index contributed by atoms with van der Waals surface area (Å²) >= 11 is 0. The second-order valence-electron chi connectivity index (χ2n) is 3.90. The van der Waals surface area contributed by atoms with Crippen molar-refractivity contribution in [2.45, 2.75) is 13.0 Å². The van der Waals surface area contributed by atoms with Gasteiger partial charge in [0, 0.05) is 6.07 Å². The van der Waals surface area contributed by atoms with Crippen LogP contribution in [0.5, 0.6) is 5.88 Å². The summed E-state index contributed by atoms with van der Waals surface area (Å²) in [5.41, 5.74) is 1.51. The van der Waals surface area contributed by atoms with E-state index in [1.807, 2.05) is 13.0 Å². The average molecular weight is 244 g/mol. The highest BCUT2D eigenvalue weighted by Gasteiger charge is 2.14. The van der Waals surface area contributed by atoms with E-state index >= 15 is 0 Å². The van der Waals surface area contributed by atoms with E-state index in [4.69, 9.17) is 4.74 Å². The standard InChI is InChI=1S/C11H12N6O/c1-7(17-6-12-5-13-17)10-14-8-3-4-9(18-2)15-11(8)16-10/h3-7H,1-2H3,(H,14,15,16). The lowest BCUT2D eigenvalue weighted by molar-refractivity contribution is 0.399. The van der Waals surface area contributed by atoms with E-state index in [1.54, 1.807) is 24.2 Å². The minimum absolute atomic E-state index is 0.0207. The highest BCUT2D eigenvalue weighted by molar-refractivity contribution is 5.71. The van der Waals surface area contributed by atoms with E-state index in [0.717, 1.165) is 11.3 Å². The van der Waals surface area contributed by atoms with E-state index < -0.39 is 0 Å². The topological polar surface area (TPSA) is 81.5 Å². The fourth-order valence-electron chi connectivity index (χ4n) is 1.75. The normalized spacial score (nSPS) is 12.8. The number of ether oxygens (including phenoxy) is 1. The maximum Gasteiger partial charge on any atom is 0.215 e. The maximum absolute atomic E-state index is 5.07. The van der Waals surface area contributed by atoms with Gasteiger partial charge in [0.1, 0.15) is 24.5 Å². The number of rotatable bonds is 3. The Kier molecular flexibility index (Phi) is 2.44. The Bertz CT molecular complexity index is 659. The van der Waals surface area contributed by atoms with Crippen LogP contribution < -0.4 is 4.74 Å². The summed E-state index contributed by atoms with van der Waals surface area (Å²) < 4.78 is 6.80. The van der Waals surface area contributed by atoms with Gasteiger partial charge in [0.25, 0.3) is 0 Å². The smallest absolute Gasteiger partial charge is 0.215 e. The Balaban J connectivity index is 2.03. The second-order valence-corrected chi connectivity index (χ2v) is 3.90. The number of hydrogen-bond donors (Lipinski definition) is 1. The molecule has 0 aliphatic rings. The molecule has 0 fully saturated rings. The number of H-pyrrole nitrogens is 1. The summed E-state index contributed by atoms with van der Waals surface area (Å²) in [6.45, 7) is 1.99. The molecule has 0 aromatic carbocycles.